The monoisotopic (exact) mass is 468 g/mol. The summed E-state index contributed by atoms with van der Waals surface area (Å²) in [6, 6.07) is 14.3. The van der Waals surface area contributed by atoms with Crippen LogP contribution in [-0.4, -0.2) is 22.3 Å². The van der Waals surface area contributed by atoms with Crippen LogP contribution in [0.1, 0.15) is 41.8 Å². The molecule has 7 heteroatoms. The Labute approximate surface area is 195 Å². The van der Waals surface area contributed by atoms with Gasteiger partial charge in [-0.15, -0.1) is 11.3 Å². The summed E-state index contributed by atoms with van der Waals surface area (Å²) in [5.41, 5.74) is 2.15. The van der Waals surface area contributed by atoms with Crippen LogP contribution < -0.4 is 20.1 Å². The SMILES string of the molecule is CC[C@H](C)NC(=O)Cn1c(=O)/c(=C/c2ccc(C)cc2)s/c1=C\C(=O)c1ccc(Cl)cc1. The quantitative estimate of drug-likeness (QED) is 0.541. The molecule has 5 nitrogen and oxygen atoms in total. The third-order valence-corrected chi connectivity index (χ3v) is 6.33. The highest BCUT2D eigenvalue weighted by molar-refractivity contribution is 7.07. The van der Waals surface area contributed by atoms with Gasteiger partial charge >= 0.3 is 0 Å². The van der Waals surface area contributed by atoms with E-state index in [1.807, 2.05) is 45.0 Å². The first-order chi connectivity index (χ1) is 15.3. The maximum atomic E-state index is 13.1. The molecule has 32 heavy (non-hydrogen) atoms. The van der Waals surface area contributed by atoms with Crippen molar-refractivity contribution in [1.82, 2.24) is 9.88 Å². The Morgan fingerprint density at radius 2 is 1.78 bits per heavy atom. The van der Waals surface area contributed by atoms with Gasteiger partial charge in [-0.2, -0.15) is 0 Å². The molecule has 0 saturated carbocycles. The van der Waals surface area contributed by atoms with E-state index in [-0.39, 0.29) is 29.8 Å². The summed E-state index contributed by atoms with van der Waals surface area (Å²) in [6.07, 6.45) is 3.96. The molecule has 3 rings (SSSR count). The summed E-state index contributed by atoms with van der Waals surface area (Å²) < 4.78 is 2.24. The Balaban J connectivity index is 2.08. The number of rotatable bonds is 7. The van der Waals surface area contributed by atoms with E-state index in [4.69, 9.17) is 11.6 Å². The minimum atomic E-state index is -0.301. The molecule has 0 aliphatic carbocycles. The number of hydrogen-bond acceptors (Lipinski definition) is 4. The molecule has 0 bridgehead atoms. The van der Waals surface area contributed by atoms with Crippen molar-refractivity contribution in [3.05, 3.63) is 89.8 Å². The predicted octanol–water partition coefficient (Wildman–Crippen LogP) is 3.28. The molecule has 3 aromatic rings. The fraction of sp³-hybridized carbons (Fsp3) is 0.240. The molecule has 0 unspecified atom stereocenters. The molecular formula is C25H25ClN2O3S. The van der Waals surface area contributed by atoms with Crippen LogP contribution in [0.5, 0.6) is 0 Å². The highest BCUT2D eigenvalue weighted by atomic mass is 35.5. The van der Waals surface area contributed by atoms with Gasteiger partial charge in [0.1, 0.15) is 11.2 Å². The Kier molecular flexibility index (Phi) is 7.83. The lowest BCUT2D eigenvalue weighted by Gasteiger charge is -2.11. The fourth-order valence-electron chi connectivity index (χ4n) is 2.98. The van der Waals surface area contributed by atoms with Crippen LogP contribution >= 0.6 is 22.9 Å². The number of aromatic nitrogens is 1. The molecule has 0 fully saturated rings. The minimum Gasteiger partial charge on any atom is -0.352 e. The molecule has 166 valence electrons. The number of nitrogens with one attached hydrogen (secondary N) is 1. The molecule has 0 radical (unpaired) electrons. The second-order valence-corrected chi connectivity index (χ2v) is 9.14. The van der Waals surface area contributed by atoms with Crippen molar-refractivity contribution < 1.29 is 9.59 Å². The van der Waals surface area contributed by atoms with Crippen molar-refractivity contribution in [1.29, 1.82) is 0 Å². The van der Waals surface area contributed by atoms with Crippen molar-refractivity contribution in [2.75, 3.05) is 0 Å². The van der Waals surface area contributed by atoms with E-state index < -0.39 is 0 Å². The Hall–Kier alpha value is -2.96. The molecule has 0 saturated heterocycles. The third kappa shape index (κ3) is 6.05. The molecule has 1 heterocycles. The lowest BCUT2D eigenvalue weighted by Crippen LogP contribution is -2.40. The highest BCUT2D eigenvalue weighted by Gasteiger charge is 2.13. The number of carbonyl (C=O) groups is 2. The predicted molar refractivity (Wildman–Crippen MR) is 131 cm³/mol. The maximum Gasteiger partial charge on any atom is 0.269 e. The minimum absolute atomic E-state index is 0.00134. The number of thiazole rings is 1. The summed E-state index contributed by atoms with van der Waals surface area (Å²) in [4.78, 5) is 38.4. The zero-order chi connectivity index (χ0) is 23.3. The van der Waals surface area contributed by atoms with Gasteiger partial charge in [0, 0.05) is 22.7 Å². The van der Waals surface area contributed by atoms with Gasteiger partial charge in [-0.25, -0.2) is 0 Å². The van der Waals surface area contributed by atoms with E-state index in [0.29, 0.717) is 19.8 Å². The molecule has 2 aromatic carbocycles. The molecule has 1 atom stereocenters. The molecule has 0 aliphatic rings. The van der Waals surface area contributed by atoms with Crippen molar-refractivity contribution in [2.24, 2.45) is 0 Å². The van der Waals surface area contributed by atoms with Crippen molar-refractivity contribution in [3.8, 4) is 0 Å². The summed E-state index contributed by atoms with van der Waals surface area (Å²) in [6.45, 7) is 5.72. The van der Waals surface area contributed by atoms with E-state index in [9.17, 15) is 14.4 Å². The number of Topliss-reactive ketones (excluding diaryl/α,β-unsaturated/α-hetero) is 1. The van der Waals surface area contributed by atoms with Gasteiger partial charge in [-0.3, -0.25) is 19.0 Å². The first kappa shape index (κ1) is 23.7. The summed E-state index contributed by atoms with van der Waals surface area (Å²) >= 11 is 7.10. The molecule has 1 N–H and O–H groups in total. The molecule has 0 aliphatic heterocycles. The maximum absolute atomic E-state index is 13.1. The number of ketones is 1. The van der Waals surface area contributed by atoms with Gasteiger partial charge < -0.3 is 5.32 Å². The van der Waals surface area contributed by atoms with Crippen LogP contribution in [0, 0.1) is 6.92 Å². The molecule has 1 aromatic heterocycles. The largest absolute Gasteiger partial charge is 0.352 e. The summed E-state index contributed by atoms with van der Waals surface area (Å²) in [7, 11) is 0. The van der Waals surface area contributed by atoms with E-state index in [1.54, 1.807) is 30.3 Å². The lowest BCUT2D eigenvalue weighted by molar-refractivity contribution is -0.122. The number of benzene rings is 2. The first-order valence-electron chi connectivity index (χ1n) is 10.4. The van der Waals surface area contributed by atoms with Gasteiger partial charge in [0.05, 0.1) is 4.53 Å². The number of aryl methyl sites for hydroxylation is 1. The topological polar surface area (TPSA) is 68.2 Å². The Morgan fingerprint density at radius 3 is 2.41 bits per heavy atom. The average Bonchev–Trinajstić information content (AvgIpc) is 3.04. The Bertz CT molecular complexity index is 1290. The second-order valence-electron chi connectivity index (χ2n) is 7.64. The van der Waals surface area contributed by atoms with Gasteiger partial charge in [-0.05, 0) is 56.2 Å². The highest BCUT2D eigenvalue weighted by Crippen LogP contribution is 2.10. The number of carbonyl (C=O) groups excluding carboxylic acids is 2. The fourth-order valence-corrected chi connectivity index (χ4v) is 4.15. The van der Waals surface area contributed by atoms with E-state index in [1.165, 1.54) is 22.0 Å². The van der Waals surface area contributed by atoms with Crippen LogP contribution in [0.15, 0.2) is 53.3 Å². The average molecular weight is 469 g/mol. The van der Waals surface area contributed by atoms with Crippen molar-refractivity contribution in [3.63, 3.8) is 0 Å². The third-order valence-electron chi connectivity index (χ3n) is 5.02. The molecule has 1 amide bonds. The first-order valence-corrected chi connectivity index (χ1v) is 11.5. The van der Waals surface area contributed by atoms with E-state index in [2.05, 4.69) is 5.32 Å². The lowest BCUT2D eigenvalue weighted by atomic mass is 10.1. The van der Waals surface area contributed by atoms with Gasteiger partial charge in [-0.1, -0.05) is 48.4 Å². The molecule has 0 spiro atoms. The van der Waals surface area contributed by atoms with Crippen molar-refractivity contribution in [2.45, 2.75) is 39.8 Å². The van der Waals surface area contributed by atoms with Crippen LogP contribution in [-0.2, 0) is 11.3 Å². The van der Waals surface area contributed by atoms with Gasteiger partial charge in [0.25, 0.3) is 5.56 Å². The van der Waals surface area contributed by atoms with Crippen LogP contribution in [0.25, 0.3) is 12.2 Å². The van der Waals surface area contributed by atoms with Gasteiger partial charge in [0.15, 0.2) is 5.78 Å². The number of amides is 1. The second kappa shape index (κ2) is 10.6. The number of nitrogens with zero attached hydrogens (tertiary/aromatic N) is 1. The molecular weight excluding hydrogens is 444 g/mol. The standard InChI is InChI=1S/C25H25ClN2O3S/c1-4-17(3)27-23(30)15-28-24(14-21(29)19-9-11-20(26)12-10-19)32-22(25(28)31)13-18-7-5-16(2)6-8-18/h5-14,17H,4,15H2,1-3H3,(H,27,30)/b22-13-,24-14-/t17-/m0/s1. The summed E-state index contributed by atoms with van der Waals surface area (Å²) in [5.74, 6) is -0.532. The van der Waals surface area contributed by atoms with E-state index in [0.717, 1.165) is 17.5 Å². The van der Waals surface area contributed by atoms with Gasteiger partial charge in [0.2, 0.25) is 5.91 Å². The smallest absolute Gasteiger partial charge is 0.269 e. The number of hydrogen-bond donors (Lipinski definition) is 1. The number of halogens is 1. The summed E-state index contributed by atoms with van der Waals surface area (Å²) in [5, 5.41) is 3.40. The van der Waals surface area contributed by atoms with Crippen LogP contribution in [0.3, 0.4) is 0 Å². The van der Waals surface area contributed by atoms with Crippen LogP contribution in [0.2, 0.25) is 5.02 Å². The normalized spacial score (nSPS) is 13.2. The zero-order valence-corrected chi connectivity index (χ0v) is 19.8. The van der Waals surface area contributed by atoms with E-state index >= 15 is 0 Å². The van der Waals surface area contributed by atoms with Crippen molar-refractivity contribution >= 4 is 46.8 Å². The van der Waals surface area contributed by atoms with Crippen LogP contribution in [0.4, 0.5) is 0 Å². The Morgan fingerprint density at radius 1 is 1.12 bits per heavy atom. The zero-order valence-electron chi connectivity index (χ0n) is 18.2.